The van der Waals surface area contributed by atoms with Gasteiger partial charge in [0.25, 0.3) is 0 Å². The van der Waals surface area contributed by atoms with Crippen molar-refractivity contribution < 1.29 is 9.26 Å². The highest BCUT2D eigenvalue weighted by molar-refractivity contribution is 5.04. The number of hydrogen-bond donors (Lipinski definition) is 0. The Morgan fingerprint density at radius 1 is 1.36 bits per heavy atom. The highest BCUT2D eigenvalue weighted by Gasteiger charge is 2.35. The number of ether oxygens (including phenoxy) is 1. The van der Waals surface area contributed by atoms with Crippen LogP contribution in [0.4, 0.5) is 0 Å². The average molecular weight is 196 g/mol. The minimum Gasteiger partial charge on any atom is -0.381 e. The molecule has 0 bridgehead atoms. The van der Waals surface area contributed by atoms with Crippen LogP contribution in [0.5, 0.6) is 0 Å². The second-order valence-electron chi connectivity index (χ2n) is 4.36. The monoisotopic (exact) mass is 196 g/mol. The van der Waals surface area contributed by atoms with Crippen molar-refractivity contribution in [2.24, 2.45) is 5.92 Å². The zero-order valence-corrected chi connectivity index (χ0v) is 8.69. The van der Waals surface area contributed by atoms with E-state index in [0.717, 1.165) is 31.9 Å². The maximum atomic E-state index is 5.35. The van der Waals surface area contributed by atoms with E-state index in [0.29, 0.717) is 5.92 Å². The Morgan fingerprint density at radius 2 is 2.07 bits per heavy atom. The number of nitrogens with zero attached hydrogens (tertiary/aromatic N) is 2. The predicted octanol–water partition coefficient (Wildman–Crippen LogP) is 1.77. The molecule has 1 saturated heterocycles. The van der Waals surface area contributed by atoms with E-state index in [2.05, 4.69) is 24.0 Å². The fourth-order valence-electron chi connectivity index (χ4n) is 2.06. The van der Waals surface area contributed by atoms with E-state index < -0.39 is 0 Å². The van der Waals surface area contributed by atoms with Crippen molar-refractivity contribution in [3.05, 3.63) is 12.2 Å². The van der Waals surface area contributed by atoms with Gasteiger partial charge in [0.2, 0.25) is 6.39 Å². The molecule has 78 valence electrons. The van der Waals surface area contributed by atoms with Crippen LogP contribution in [0.25, 0.3) is 0 Å². The molecule has 2 heterocycles. The van der Waals surface area contributed by atoms with Gasteiger partial charge in [-0.3, -0.25) is 0 Å². The summed E-state index contributed by atoms with van der Waals surface area (Å²) in [5.74, 6) is 1.40. The topological polar surface area (TPSA) is 48.2 Å². The summed E-state index contributed by atoms with van der Waals surface area (Å²) >= 11 is 0. The SMILES string of the molecule is CC(C)(c1ncon1)C1CCOCC1. The van der Waals surface area contributed by atoms with Crippen molar-refractivity contribution in [3.63, 3.8) is 0 Å². The lowest BCUT2D eigenvalue weighted by Crippen LogP contribution is -2.34. The molecule has 4 nitrogen and oxygen atoms in total. The molecule has 1 aromatic rings. The summed E-state index contributed by atoms with van der Waals surface area (Å²) in [6, 6.07) is 0. The van der Waals surface area contributed by atoms with Crippen LogP contribution in [0.1, 0.15) is 32.5 Å². The third-order valence-corrected chi connectivity index (χ3v) is 3.18. The zero-order valence-electron chi connectivity index (χ0n) is 8.69. The van der Waals surface area contributed by atoms with Gasteiger partial charge < -0.3 is 9.26 Å². The summed E-state index contributed by atoms with van der Waals surface area (Å²) in [6.07, 6.45) is 3.57. The molecule has 1 aromatic heterocycles. The van der Waals surface area contributed by atoms with Crippen LogP contribution >= 0.6 is 0 Å². The summed E-state index contributed by atoms with van der Waals surface area (Å²) < 4.78 is 10.1. The summed E-state index contributed by atoms with van der Waals surface area (Å²) in [7, 11) is 0. The maximum Gasteiger partial charge on any atom is 0.213 e. The molecule has 0 amide bonds. The fraction of sp³-hybridized carbons (Fsp3) is 0.800. The summed E-state index contributed by atoms with van der Waals surface area (Å²) in [5, 5.41) is 3.94. The molecule has 0 unspecified atom stereocenters. The summed E-state index contributed by atoms with van der Waals surface area (Å²) in [4.78, 5) is 4.14. The fourth-order valence-corrected chi connectivity index (χ4v) is 2.06. The molecule has 1 aliphatic rings. The molecule has 4 heteroatoms. The van der Waals surface area contributed by atoms with Crippen LogP contribution in [0.3, 0.4) is 0 Å². The van der Waals surface area contributed by atoms with Crippen molar-refractivity contribution in [2.75, 3.05) is 13.2 Å². The van der Waals surface area contributed by atoms with Gasteiger partial charge in [-0.15, -0.1) is 0 Å². The van der Waals surface area contributed by atoms with E-state index in [4.69, 9.17) is 9.26 Å². The molecular formula is C10H16N2O2. The van der Waals surface area contributed by atoms with Crippen LogP contribution in [0, 0.1) is 5.92 Å². The smallest absolute Gasteiger partial charge is 0.213 e. The minimum atomic E-state index is -0.00319. The Labute approximate surface area is 83.6 Å². The second kappa shape index (κ2) is 3.69. The van der Waals surface area contributed by atoms with Crippen molar-refractivity contribution in [1.82, 2.24) is 10.1 Å². The van der Waals surface area contributed by atoms with Crippen molar-refractivity contribution in [3.8, 4) is 0 Å². The first-order valence-corrected chi connectivity index (χ1v) is 5.06. The van der Waals surface area contributed by atoms with Crippen molar-refractivity contribution in [1.29, 1.82) is 0 Å². The highest BCUT2D eigenvalue weighted by Crippen LogP contribution is 2.35. The first kappa shape index (κ1) is 9.65. The van der Waals surface area contributed by atoms with E-state index in [1.807, 2.05) is 0 Å². The minimum absolute atomic E-state index is 0.00319. The molecule has 1 aliphatic heterocycles. The number of rotatable bonds is 2. The van der Waals surface area contributed by atoms with E-state index in [1.165, 1.54) is 6.39 Å². The van der Waals surface area contributed by atoms with Crippen molar-refractivity contribution >= 4 is 0 Å². The zero-order chi connectivity index (χ0) is 10.0. The first-order chi connectivity index (χ1) is 6.71. The van der Waals surface area contributed by atoms with Gasteiger partial charge in [-0.05, 0) is 18.8 Å². The molecule has 0 N–H and O–H groups in total. The average Bonchev–Trinajstić information content (AvgIpc) is 2.72. The molecule has 0 atom stereocenters. The molecule has 0 spiro atoms. The Morgan fingerprint density at radius 3 is 2.64 bits per heavy atom. The number of hydrogen-bond acceptors (Lipinski definition) is 4. The second-order valence-corrected chi connectivity index (χ2v) is 4.36. The van der Waals surface area contributed by atoms with E-state index >= 15 is 0 Å². The maximum absolute atomic E-state index is 5.35. The molecule has 1 fully saturated rings. The lowest BCUT2D eigenvalue weighted by atomic mass is 9.74. The quantitative estimate of drug-likeness (QED) is 0.723. The van der Waals surface area contributed by atoms with E-state index in [9.17, 15) is 0 Å². The van der Waals surface area contributed by atoms with E-state index in [1.54, 1.807) is 0 Å². The van der Waals surface area contributed by atoms with Gasteiger partial charge in [0, 0.05) is 18.6 Å². The third-order valence-electron chi connectivity index (χ3n) is 3.18. The summed E-state index contributed by atoms with van der Waals surface area (Å²) in [6.45, 7) is 6.06. The Hall–Kier alpha value is -0.900. The standard InChI is InChI=1S/C10H16N2O2/c1-10(2,9-11-7-14-12-9)8-3-5-13-6-4-8/h7-8H,3-6H2,1-2H3. The molecule has 0 aromatic carbocycles. The van der Waals surface area contributed by atoms with E-state index in [-0.39, 0.29) is 5.41 Å². The van der Waals surface area contributed by atoms with Gasteiger partial charge in [0.05, 0.1) is 0 Å². The molecule has 14 heavy (non-hydrogen) atoms. The lowest BCUT2D eigenvalue weighted by Gasteiger charge is -2.34. The first-order valence-electron chi connectivity index (χ1n) is 5.06. The van der Waals surface area contributed by atoms with Crippen LogP contribution in [0.15, 0.2) is 10.9 Å². The Kier molecular flexibility index (Phi) is 2.54. The van der Waals surface area contributed by atoms with Gasteiger partial charge in [0.15, 0.2) is 5.82 Å². The molecule has 0 aliphatic carbocycles. The largest absolute Gasteiger partial charge is 0.381 e. The van der Waals surface area contributed by atoms with Gasteiger partial charge in [-0.1, -0.05) is 19.0 Å². The van der Waals surface area contributed by atoms with Crippen LogP contribution in [0.2, 0.25) is 0 Å². The van der Waals surface area contributed by atoms with Gasteiger partial charge in [-0.2, -0.15) is 4.98 Å². The Balaban J connectivity index is 2.14. The van der Waals surface area contributed by atoms with Crippen LogP contribution in [-0.2, 0) is 10.2 Å². The normalized spacial score (nSPS) is 19.9. The van der Waals surface area contributed by atoms with Gasteiger partial charge in [-0.25, -0.2) is 0 Å². The molecule has 0 radical (unpaired) electrons. The molecular weight excluding hydrogens is 180 g/mol. The highest BCUT2D eigenvalue weighted by atomic mass is 16.5. The van der Waals surface area contributed by atoms with Gasteiger partial charge >= 0.3 is 0 Å². The van der Waals surface area contributed by atoms with Crippen LogP contribution < -0.4 is 0 Å². The van der Waals surface area contributed by atoms with Crippen LogP contribution in [-0.4, -0.2) is 23.4 Å². The molecule has 0 saturated carbocycles. The lowest BCUT2D eigenvalue weighted by molar-refractivity contribution is 0.0415. The summed E-state index contributed by atoms with van der Waals surface area (Å²) in [5.41, 5.74) is -0.00319. The third kappa shape index (κ3) is 1.66. The number of aromatic nitrogens is 2. The predicted molar refractivity (Wildman–Crippen MR) is 50.9 cm³/mol. The van der Waals surface area contributed by atoms with Crippen molar-refractivity contribution in [2.45, 2.75) is 32.1 Å². The van der Waals surface area contributed by atoms with Gasteiger partial charge in [0.1, 0.15) is 0 Å². The molecule has 2 rings (SSSR count). The Bertz CT molecular complexity index is 276.